The summed E-state index contributed by atoms with van der Waals surface area (Å²) in [6, 6.07) is 12.0. The van der Waals surface area contributed by atoms with Gasteiger partial charge in [0.05, 0.1) is 17.9 Å². The van der Waals surface area contributed by atoms with Crippen molar-refractivity contribution in [2.24, 2.45) is 0 Å². The quantitative estimate of drug-likeness (QED) is 0.377. The monoisotopic (exact) mass is 502 g/mol. The van der Waals surface area contributed by atoms with Gasteiger partial charge in [-0.1, -0.05) is 11.6 Å². The number of furan rings is 1. The van der Waals surface area contributed by atoms with E-state index >= 15 is 0 Å². The van der Waals surface area contributed by atoms with Crippen LogP contribution < -0.4 is 10.9 Å². The molecule has 36 heavy (non-hydrogen) atoms. The molecule has 12 heteroatoms. The summed E-state index contributed by atoms with van der Waals surface area (Å²) in [6.07, 6.45) is 4.55. The van der Waals surface area contributed by atoms with Crippen LogP contribution in [0, 0.1) is 0 Å². The van der Waals surface area contributed by atoms with Gasteiger partial charge in [0.2, 0.25) is 0 Å². The van der Waals surface area contributed by atoms with E-state index < -0.39 is 0 Å². The van der Waals surface area contributed by atoms with E-state index in [0.717, 1.165) is 16.8 Å². The maximum atomic E-state index is 13.3. The Hall–Kier alpha value is -4.51. The second-order valence-electron chi connectivity index (χ2n) is 8.34. The highest BCUT2D eigenvalue weighted by molar-refractivity contribution is 6.31. The van der Waals surface area contributed by atoms with E-state index in [2.05, 4.69) is 30.8 Å². The molecule has 0 radical (unpaired) electrons. The maximum absolute atomic E-state index is 13.3. The van der Waals surface area contributed by atoms with Crippen LogP contribution in [0.3, 0.4) is 0 Å². The largest absolute Gasteiger partial charge is 0.449 e. The number of rotatable bonds is 5. The third-order valence-electron chi connectivity index (χ3n) is 6.23. The van der Waals surface area contributed by atoms with Gasteiger partial charge in [-0.15, -0.1) is 5.10 Å². The lowest BCUT2D eigenvalue weighted by Gasteiger charge is -2.15. The number of aromatic nitrogens is 7. The topological polar surface area (TPSA) is 137 Å². The summed E-state index contributed by atoms with van der Waals surface area (Å²) in [4.78, 5) is 32.9. The fourth-order valence-electron chi connectivity index (χ4n) is 4.58. The van der Waals surface area contributed by atoms with Crippen LogP contribution in [-0.4, -0.2) is 47.7 Å². The Balaban J connectivity index is 1.35. The van der Waals surface area contributed by atoms with Crippen LogP contribution in [0.5, 0.6) is 0 Å². The summed E-state index contributed by atoms with van der Waals surface area (Å²) in [6.45, 7) is 0. The molecule has 0 bridgehead atoms. The number of amides is 1. The SMILES string of the molecule is CNC(=O)c1ccc(-c2cnc([C@@H]3CCc4cc(-c5cc(Cl)ccc5-n5cnnn5)cc(=O)n43)[nH]2)o1. The van der Waals surface area contributed by atoms with Gasteiger partial charge in [0.15, 0.2) is 11.5 Å². The Morgan fingerprint density at radius 3 is 2.92 bits per heavy atom. The average molecular weight is 503 g/mol. The highest BCUT2D eigenvalue weighted by atomic mass is 35.5. The van der Waals surface area contributed by atoms with Crippen LogP contribution >= 0.6 is 11.6 Å². The smallest absolute Gasteiger partial charge is 0.286 e. The molecule has 4 aromatic heterocycles. The van der Waals surface area contributed by atoms with Crippen molar-refractivity contribution in [1.29, 1.82) is 0 Å². The number of H-pyrrole nitrogens is 1. The predicted molar refractivity (Wildman–Crippen MR) is 130 cm³/mol. The van der Waals surface area contributed by atoms with Crippen LogP contribution in [0.4, 0.5) is 0 Å². The summed E-state index contributed by atoms with van der Waals surface area (Å²) in [5.41, 5.74) is 3.58. The van der Waals surface area contributed by atoms with Gasteiger partial charge in [-0.2, -0.15) is 4.68 Å². The molecule has 1 aliphatic rings. The number of nitrogens with zero attached hydrogens (tertiary/aromatic N) is 6. The van der Waals surface area contributed by atoms with Crippen LogP contribution in [0.2, 0.25) is 5.02 Å². The second kappa shape index (κ2) is 8.61. The number of aryl methyl sites for hydroxylation is 1. The number of pyridine rings is 1. The first-order valence-electron chi connectivity index (χ1n) is 11.2. The lowest BCUT2D eigenvalue weighted by Crippen LogP contribution is -2.23. The fourth-order valence-corrected chi connectivity index (χ4v) is 4.75. The minimum Gasteiger partial charge on any atom is -0.449 e. The van der Waals surface area contributed by atoms with Crippen LogP contribution in [-0.2, 0) is 6.42 Å². The number of tetrazole rings is 1. The van der Waals surface area contributed by atoms with Gasteiger partial charge in [-0.25, -0.2) is 4.98 Å². The van der Waals surface area contributed by atoms with Crippen molar-refractivity contribution in [1.82, 2.24) is 40.1 Å². The molecular formula is C24H19ClN8O3. The number of hydrogen-bond acceptors (Lipinski definition) is 7. The number of carbonyl (C=O) groups excluding carboxylic acids is 1. The summed E-state index contributed by atoms with van der Waals surface area (Å²) in [7, 11) is 1.54. The zero-order valence-electron chi connectivity index (χ0n) is 19.0. The summed E-state index contributed by atoms with van der Waals surface area (Å²) in [5.74, 6) is 1.04. The number of imidazole rings is 1. The van der Waals surface area contributed by atoms with E-state index in [1.165, 1.54) is 11.0 Å². The average Bonchev–Trinajstić information content (AvgIpc) is 3.68. The van der Waals surface area contributed by atoms with Crippen molar-refractivity contribution in [2.45, 2.75) is 18.9 Å². The van der Waals surface area contributed by atoms with Gasteiger partial charge in [-0.05, 0) is 65.2 Å². The zero-order chi connectivity index (χ0) is 24.8. The van der Waals surface area contributed by atoms with Crippen molar-refractivity contribution in [2.75, 3.05) is 7.05 Å². The number of aromatic amines is 1. The molecule has 6 rings (SSSR count). The summed E-state index contributed by atoms with van der Waals surface area (Å²) < 4.78 is 8.92. The molecule has 5 aromatic rings. The van der Waals surface area contributed by atoms with Crippen LogP contribution in [0.15, 0.2) is 64.2 Å². The van der Waals surface area contributed by atoms with Crippen LogP contribution in [0.1, 0.15) is 34.5 Å². The molecule has 0 saturated heterocycles. The van der Waals surface area contributed by atoms with E-state index in [-0.39, 0.29) is 23.3 Å². The molecule has 0 aliphatic carbocycles. The molecule has 1 amide bonds. The minimum absolute atomic E-state index is 0.148. The number of fused-ring (bicyclic) bond motifs is 1. The predicted octanol–water partition coefficient (Wildman–Crippen LogP) is 3.02. The lowest BCUT2D eigenvalue weighted by atomic mass is 10.0. The molecule has 0 saturated carbocycles. The number of halogens is 1. The highest BCUT2D eigenvalue weighted by Gasteiger charge is 2.28. The second-order valence-corrected chi connectivity index (χ2v) is 8.78. The van der Waals surface area contributed by atoms with Gasteiger partial charge in [0.1, 0.15) is 17.8 Å². The third-order valence-corrected chi connectivity index (χ3v) is 6.47. The molecule has 0 spiro atoms. The number of nitrogens with one attached hydrogen (secondary N) is 2. The highest BCUT2D eigenvalue weighted by Crippen LogP contribution is 2.34. The van der Waals surface area contributed by atoms with Crippen molar-refractivity contribution in [3.8, 4) is 28.3 Å². The Kier molecular flexibility index (Phi) is 5.26. The van der Waals surface area contributed by atoms with E-state index in [9.17, 15) is 9.59 Å². The summed E-state index contributed by atoms with van der Waals surface area (Å²) >= 11 is 6.28. The molecule has 11 nitrogen and oxygen atoms in total. The first kappa shape index (κ1) is 22.0. The van der Waals surface area contributed by atoms with E-state index in [1.807, 2.05) is 12.1 Å². The van der Waals surface area contributed by atoms with Crippen molar-refractivity contribution < 1.29 is 9.21 Å². The molecule has 0 fully saturated rings. The Bertz CT molecular complexity index is 1650. The molecule has 1 atom stereocenters. The van der Waals surface area contributed by atoms with Gasteiger partial charge in [0, 0.05) is 29.4 Å². The summed E-state index contributed by atoms with van der Waals surface area (Å²) in [5, 5.41) is 14.5. The Morgan fingerprint density at radius 2 is 2.11 bits per heavy atom. The van der Waals surface area contributed by atoms with E-state index in [1.54, 1.807) is 48.1 Å². The molecular weight excluding hydrogens is 484 g/mol. The molecule has 1 aliphatic heterocycles. The number of carbonyl (C=O) groups is 1. The third kappa shape index (κ3) is 3.69. The standard InChI is InChI=1S/C24H19ClN8O3/c1-26-24(35)21-7-6-20(36-21)17-11-27-23(29-17)19-5-3-15-8-13(9-22(34)33(15)19)16-10-14(25)2-4-18(16)32-12-28-30-31-32/h2,4,6-12,19H,3,5H2,1H3,(H,26,35)(H,27,29)/t19-/m0/s1. The molecule has 2 N–H and O–H groups in total. The molecule has 5 heterocycles. The van der Waals surface area contributed by atoms with E-state index in [4.69, 9.17) is 16.0 Å². The number of benzene rings is 1. The Labute approximate surface area is 208 Å². The van der Waals surface area contributed by atoms with Crippen LogP contribution in [0.25, 0.3) is 28.3 Å². The Morgan fingerprint density at radius 1 is 1.22 bits per heavy atom. The fraction of sp³-hybridized carbons (Fsp3) is 0.167. The normalized spacial score (nSPS) is 14.7. The first-order chi connectivity index (χ1) is 17.5. The van der Waals surface area contributed by atoms with Gasteiger partial charge in [0.25, 0.3) is 11.5 Å². The van der Waals surface area contributed by atoms with Crippen molar-refractivity contribution >= 4 is 17.5 Å². The van der Waals surface area contributed by atoms with Gasteiger partial charge < -0.3 is 19.3 Å². The number of hydrogen-bond donors (Lipinski definition) is 2. The van der Waals surface area contributed by atoms with Crippen molar-refractivity contribution in [3.63, 3.8) is 0 Å². The maximum Gasteiger partial charge on any atom is 0.286 e. The van der Waals surface area contributed by atoms with Crippen molar-refractivity contribution in [3.05, 3.63) is 87.6 Å². The lowest BCUT2D eigenvalue weighted by molar-refractivity contribution is 0.0936. The first-order valence-corrected chi connectivity index (χ1v) is 11.6. The zero-order valence-corrected chi connectivity index (χ0v) is 19.7. The van der Waals surface area contributed by atoms with Gasteiger partial charge in [-0.3, -0.25) is 9.59 Å². The molecule has 0 unspecified atom stereocenters. The van der Waals surface area contributed by atoms with E-state index in [0.29, 0.717) is 40.8 Å². The molecule has 180 valence electrons. The van der Waals surface area contributed by atoms with Gasteiger partial charge >= 0.3 is 0 Å². The minimum atomic E-state index is -0.309. The molecule has 1 aromatic carbocycles.